The molecule has 0 aromatic heterocycles. The zero-order chi connectivity index (χ0) is 13.3. The maximum absolute atomic E-state index is 5.89. The summed E-state index contributed by atoms with van der Waals surface area (Å²) in [6, 6.07) is 4.05. The van der Waals surface area contributed by atoms with Crippen molar-refractivity contribution in [3.8, 4) is 11.5 Å². The molecule has 0 saturated heterocycles. The largest absolute Gasteiger partial charge is 0.493 e. The molecule has 0 atom stereocenters. The molecule has 0 spiro atoms. The van der Waals surface area contributed by atoms with Crippen LogP contribution < -0.4 is 15.2 Å². The molecule has 1 aromatic carbocycles. The molecule has 3 nitrogen and oxygen atoms in total. The predicted molar refractivity (Wildman–Crippen MR) is 76.4 cm³/mol. The van der Waals surface area contributed by atoms with Crippen molar-refractivity contribution in [3.05, 3.63) is 22.2 Å². The van der Waals surface area contributed by atoms with Crippen LogP contribution in [0.4, 0.5) is 0 Å². The van der Waals surface area contributed by atoms with Crippen molar-refractivity contribution < 1.29 is 9.47 Å². The molecular formula is C14H20BrNO2. The van der Waals surface area contributed by atoms with Crippen molar-refractivity contribution in [2.75, 3.05) is 13.7 Å². The summed E-state index contributed by atoms with van der Waals surface area (Å²) in [5.41, 5.74) is 7.26. The van der Waals surface area contributed by atoms with Gasteiger partial charge in [0.15, 0.2) is 11.5 Å². The van der Waals surface area contributed by atoms with Crippen LogP contribution in [-0.4, -0.2) is 19.8 Å². The van der Waals surface area contributed by atoms with Gasteiger partial charge in [0.2, 0.25) is 0 Å². The molecular weight excluding hydrogens is 294 g/mol. The van der Waals surface area contributed by atoms with Crippen molar-refractivity contribution in [1.29, 1.82) is 0 Å². The van der Waals surface area contributed by atoms with Crippen molar-refractivity contribution in [1.82, 2.24) is 0 Å². The van der Waals surface area contributed by atoms with Gasteiger partial charge in [0, 0.05) is 16.4 Å². The third-order valence-electron chi connectivity index (χ3n) is 3.43. The van der Waals surface area contributed by atoms with E-state index in [9.17, 15) is 0 Å². The van der Waals surface area contributed by atoms with Gasteiger partial charge in [-0.05, 0) is 44.4 Å². The monoisotopic (exact) mass is 313 g/mol. The molecule has 1 fully saturated rings. The van der Waals surface area contributed by atoms with Crippen molar-refractivity contribution in [2.45, 2.75) is 38.2 Å². The Kier molecular flexibility index (Phi) is 3.87. The van der Waals surface area contributed by atoms with E-state index in [4.69, 9.17) is 15.2 Å². The highest BCUT2D eigenvalue weighted by molar-refractivity contribution is 9.10. The van der Waals surface area contributed by atoms with E-state index in [1.807, 2.05) is 19.9 Å². The number of nitrogens with two attached hydrogens (primary N) is 1. The molecule has 0 unspecified atom stereocenters. The van der Waals surface area contributed by atoms with Crippen molar-refractivity contribution >= 4 is 15.9 Å². The molecule has 1 saturated carbocycles. The molecule has 2 N–H and O–H groups in total. The minimum absolute atomic E-state index is 0.126. The second-order valence-electron chi connectivity index (χ2n) is 5.13. The molecule has 0 amide bonds. The normalized spacial score (nSPS) is 16.8. The summed E-state index contributed by atoms with van der Waals surface area (Å²) in [5.74, 6) is 1.55. The molecule has 4 heteroatoms. The number of methoxy groups -OCH3 is 1. The van der Waals surface area contributed by atoms with Crippen LogP contribution in [-0.2, 0) is 5.41 Å². The predicted octanol–water partition coefficient (Wildman–Crippen LogP) is 3.24. The third-order valence-corrected chi connectivity index (χ3v) is 4.09. The van der Waals surface area contributed by atoms with Gasteiger partial charge in [-0.2, -0.15) is 0 Å². The summed E-state index contributed by atoms with van der Waals surface area (Å²) in [4.78, 5) is 0. The fraction of sp³-hybridized carbons (Fsp3) is 0.571. The van der Waals surface area contributed by atoms with Crippen LogP contribution in [0.5, 0.6) is 11.5 Å². The highest BCUT2D eigenvalue weighted by atomic mass is 79.9. The maximum Gasteiger partial charge on any atom is 0.162 e. The molecule has 18 heavy (non-hydrogen) atoms. The van der Waals surface area contributed by atoms with Crippen LogP contribution in [0.15, 0.2) is 16.6 Å². The van der Waals surface area contributed by atoms with E-state index in [-0.39, 0.29) is 11.5 Å². The third kappa shape index (κ3) is 2.50. The van der Waals surface area contributed by atoms with Gasteiger partial charge in [-0.25, -0.2) is 0 Å². The summed E-state index contributed by atoms with van der Waals surface area (Å²) >= 11 is 3.63. The lowest BCUT2D eigenvalue weighted by atomic mass is 9.96. The molecule has 0 bridgehead atoms. The summed E-state index contributed by atoms with van der Waals surface area (Å²) in [5, 5.41) is 0. The van der Waals surface area contributed by atoms with Gasteiger partial charge in [-0.3, -0.25) is 0 Å². The Balaban J connectivity index is 2.40. The Bertz CT molecular complexity index is 442. The van der Waals surface area contributed by atoms with Crippen LogP contribution in [0, 0.1) is 0 Å². The maximum atomic E-state index is 5.89. The number of hydrogen-bond acceptors (Lipinski definition) is 3. The topological polar surface area (TPSA) is 44.5 Å². The molecule has 1 aliphatic rings. The minimum Gasteiger partial charge on any atom is -0.493 e. The number of halogens is 1. The highest BCUT2D eigenvalue weighted by Crippen LogP contribution is 2.51. The van der Waals surface area contributed by atoms with Crippen LogP contribution in [0.2, 0.25) is 0 Å². The van der Waals surface area contributed by atoms with Crippen LogP contribution >= 0.6 is 15.9 Å². The average molecular weight is 314 g/mol. The van der Waals surface area contributed by atoms with Crippen molar-refractivity contribution in [2.24, 2.45) is 5.73 Å². The molecule has 1 aliphatic carbocycles. The van der Waals surface area contributed by atoms with E-state index in [1.165, 1.54) is 5.56 Å². The Hall–Kier alpha value is -0.740. The van der Waals surface area contributed by atoms with Gasteiger partial charge in [-0.1, -0.05) is 15.9 Å². The Morgan fingerprint density at radius 1 is 1.33 bits per heavy atom. The minimum atomic E-state index is 0.126. The lowest BCUT2D eigenvalue weighted by Gasteiger charge is -2.20. The lowest BCUT2D eigenvalue weighted by Crippen LogP contribution is -2.20. The second-order valence-corrected chi connectivity index (χ2v) is 5.99. The van der Waals surface area contributed by atoms with Crippen LogP contribution in [0.25, 0.3) is 0 Å². The fourth-order valence-electron chi connectivity index (χ4n) is 2.18. The molecule has 0 radical (unpaired) electrons. The zero-order valence-electron chi connectivity index (χ0n) is 11.1. The van der Waals surface area contributed by atoms with E-state index >= 15 is 0 Å². The molecule has 0 aliphatic heterocycles. The Labute approximate surface area is 117 Å². The summed E-state index contributed by atoms with van der Waals surface area (Å²) in [7, 11) is 1.67. The quantitative estimate of drug-likeness (QED) is 0.907. The molecule has 1 aromatic rings. The SMILES string of the molecule is COc1cc(C2(CN)CC2)c(Br)cc1OC(C)C. The first kappa shape index (κ1) is 13.7. The van der Waals surface area contributed by atoms with E-state index in [2.05, 4.69) is 22.0 Å². The molecule has 100 valence electrons. The van der Waals surface area contributed by atoms with Gasteiger partial charge in [-0.15, -0.1) is 0 Å². The Morgan fingerprint density at radius 3 is 2.44 bits per heavy atom. The number of hydrogen-bond donors (Lipinski definition) is 1. The molecule has 2 rings (SSSR count). The first-order valence-corrected chi connectivity index (χ1v) is 7.06. The Morgan fingerprint density at radius 2 is 2.00 bits per heavy atom. The summed E-state index contributed by atoms with van der Waals surface area (Å²) in [6.07, 6.45) is 2.42. The zero-order valence-corrected chi connectivity index (χ0v) is 12.7. The molecule has 0 heterocycles. The second kappa shape index (κ2) is 5.10. The van der Waals surface area contributed by atoms with E-state index in [0.29, 0.717) is 6.54 Å². The lowest BCUT2D eigenvalue weighted by molar-refractivity contribution is 0.230. The van der Waals surface area contributed by atoms with E-state index < -0.39 is 0 Å². The smallest absolute Gasteiger partial charge is 0.162 e. The number of ether oxygens (including phenoxy) is 2. The van der Waals surface area contributed by atoms with E-state index in [0.717, 1.165) is 28.8 Å². The van der Waals surface area contributed by atoms with Crippen LogP contribution in [0.1, 0.15) is 32.3 Å². The van der Waals surface area contributed by atoms with Gasteiger partial charge in [0.25, 0.3) is 0 Å². The number of rotatable bonds is 5. The first-order valence-electron chi connectivity index (χ1n) is 6.27. The average Bonchev–Trinajstić information content (AvgIpc) is 3.09. The fourth-order valence-corrected chi connectivity index (χ4v) is 2.92. The van der Waals surface area contributed by atoms with Crippen LogP contribution in [0.3, 0.4) is 0 Å². The van der Waals surface area contributed by atoms with Gasteiger partial charge in [0.1, 0.15) is 0 Å². The van der Waals surface area contributed by atoms with Crippen molar-refractivity contribution in [3.63, 3.8) is 0 Å². The van der Waals surface area contributed by atoms with Gasteiger partial charge < -0.3 is 15.2 Å². The first-order chi connectivity index (χ1) is 8.52. The highest BCUT2D eigenvalue weighted by Gasteiger charge is 2.44. The standard InChI is InChI=1S/C14H20BrNO2/c1-9(2)18-13-7-11(15)10(6-12(13)17-3)14(8-16)4-5-14/h6-7,9H,4-5,8,16H2,1-3H3. The number of benzene rings is 1. The summed E-state index contributed by atoms with van der Waals surface area (Å²) in [6.45, 7) is 4.69. The van der Waals surface area contributed by atoms with Gasteiger partial charge in [0.05, 0.1) is 13.2 Å². The summed E-state index contributed by atoms with van der Waals surface area (Å²) < 4.78 is 12.2. The van der Waals surface area contributed by atoms with E-state index in [1.54, 1.807) is 7.11 Å². The van der Waals surface area contributed by atoms with Gasteiger partial charge >= 0.3 is 0 Å².